The number of aromatic nitrogens is 2. The summed E-state index contributed by atoms with van der Waals surface area (Å²) in [6.07, 6.45) is -2.32. The summed E-state index contributed by atoms with van der Waals surface area (Å²) in [7, 11) is 0. The van der Waals surface area contributed by atoms with Crippen LogP contribution in [-0.4, -0.2) is 29.1 Å². The van der Waals surface area contributed by atoms with Gasteiger partial charge in [-0.3, -0.25) is 4.98 Å². The van der Waals surface area contributed by atoms with Gasteiger partial charge in [0, 0.05) is 30.9 Å². The fourth-order valence-corrected chi connectivity index (χ4v) is 2.88. The largest absolute Gasteiger partial charge is 0.462 e. The van der Waals surface area contributed by atoms with Gasteiger partial charge < -0.3 is 10.1 Å². The minimum atomic E-state index is -4.55. The van der Waals surface area contributed by atoms with E-state index in [0.717, 1.165) is 6.07 Å². The van der Waals surface area contributed by atoms with E-state index in [1.165, 1.54) is 6.20 Å². The number of carbonyl (C=O) groups is 1. The van der Waals surface area contributed by atoms with E-state index < -0.39 is 17.7 Å². The first kappa shape index (κ1) is 23.4. The van der Waals surface area contributed by atoms with E-state index in [2.05, 4.69) is 15.3 Å². The lowest BCUT2D eigenvalue weighted by Crippen LogP contribution is -2.21. The minimum absolute atomic E-state index is 0.0442. The Morgan fingerprint density at radius 3 is 2.63 bits per heavy atom. The second-order valence-corrected chi connectivity index (χ2v) is 6.52. The molecule has 0 aliphatic heterocycles. The fourth-order valence-electron chi connectivity index (χ4n) is 2.41. The molecule has 0 atom stereocenters. The van der Waals surface area contributed by atoms with Gasteiger partial charge in [0.2, 0.25) is 0 Å². The number of rotatable bonds is 7. The average molecular weight is 459 g/mol. The van der Waals surface area contributed by atoms with Crippen molar-refractivity contribution in [2.24, 2.45) is 0 Å². The lowest BCUT2D eigenvalue weighted by atomic mass is 10.1. The molecule has 0 aliphatic carbocycles. The van der Waals surface area contributed by atoms with Crippen LogP contribution in [0.2, 0.25) is 10.2 Å². The monoisotopic (exact) mass is 458 g/mol. The average Bonchev–Trinajstić information content (AvgIpc) is 2.68. The summed E-state index contributed by atoms with van der Waals surface area (Å²) >= 11 is 12.0. The molecule has 6 nitrogen and oxygen atoms in total. The van der Waals surface area contributed by atoms with Crippen LogP contribution in [0.4, 0.5) is 13.2 Å². The second-order valence-electron chi connectivity index (χ2n) is 5.75. The Morgan fingerprint density at radius 1 is 1.33 bits per heavy atom. The van der Waals surface area contributed by atoms with Crippen molar-refractivity contribution in [1.29, 1.82) is 5.26 Å². The van der Waals surface area contributed by atoms with Gasteiger partial charge in [0.05, 0.1) is 28.6 Å². The summed E-state index contributed by atoms with van der Waals surface area (Å²) < 4.78 is 43.1. The Hall–Kier alpha value is -2.83. The van der Waals surface area contributed by atoms with Crippen LogP contribution in [0.25, 0.3) is 5.70 Å². The predicted molar refractivity (Wildman–Crippen MR) is 104 cm³/mol. The SMILES string of the molecule is CCOC(=O)C(C#N)=C(NCCc1ncc(C(F)(F)F)cc1Cl)c1cccnc1Cl. The van der Waals surface area contributed by atoms with Gasteiger partial charge in [-0.1, -0.05) is 23.2 Å². The lowest BCUT2D eigenvalue weighted by Gasteiger charge is -2.15. The van der Waals surface area contributed by atoms with E-state index >= 15 is 0 Å². The number of esters is 1. The van der Waals surface area contributed by atoms with Crippen molar-refractivity contribution in [3.63, 3.8) is 0 Å². The van der Waals surface area contributed by atoms with Crippen LogP contribution in [0, 0.1) is 11.3 Å². The number of nitrogens with zero attached hydrogens (tertiary/aromatic N) is 3. The molecule has 0 fully saturated rings. The molecule has 0 saturated carbocycles. The van der Waals surface area contributed by atoms with E-state index in [9.17, 15) is 23.2 Å². The zero-order chi connectivity index (χ0) is 22.3. The van der Waals surface area contributed by atoms with Gasteiger partial charge in [0.1, 0.15) is 11.2 Å². The highest BCUT2D eigenvalue weighted by Crippen LogP contribution is 2.31. The normalized spacial score (nSPS) is 12.0. The summed E-state index contributed by atoms with van der Waals surface area (Å²) in [5.41, 5.74) is -0.699. The van der Waals surface area contributed by atoms with Gasteiger partial charge in [-0.2, -0.15) is 18.4 Å². The van der Waals surface area contributed by atoms with Crippen molar-refractivity contribution in [3.8, 4) is 6.07 Å². The number of ether oxygens (including phenoxy) is 1. The van der Waals surface area contributed by atoms with Gasteiger partial charge in [-0.05, 0) is 25.1 Å². The smallest absolute Gasteiger partial charge is 0.417 e. The molecule has 0 amide bonds. The van der Waals surface area contributed by atoms with Crippen molar-refractivity contribution >= 4 is 34.9 Å². The van der Waals surface area contributed by atoms with Crippen LogP contribution in [-0.2, 0) is 22.1 Å². The first-order valence-electron chi connectivity index (χ1n) is 8.56. The van der Waals surface area contributed by atoms with E-state index in [-0.39, 0.29) is 52.3 Å². The highest BCUT2D eigenvalue weighted by molar-refractivity contribution is 6.31. The van der Waals surface area contributed by atoms with Crippen molar-refractivity contribution in [2.75, 3.05) is 13.2 Å². The fraction of sp³-hybridized carbons (Fsp3) is 0.263. The van der Waals surface area contributed by atoms with Gasteiger partial charge in [0.15, 0.2) is 5.57 Å². The predicted octanol–water partition coefficient (Wildman–Crippen LogP) is 4.43. The number of carbonyl (C=O) groups excluding carboxylic acids is 1. The minimum Gasteiger partial charge on any atom is -0.462 e. The van der Waals surface area contributed by atoms with E-state index in [0.29, 0.717) is 6.20 Å². The zero-order valence-electron chi connectivity index (χ0n) is 15.6. The quantitative estimate of drug-likeness (QED) is 0.285. The Labute approximate surface area is 180 Å². The van der Waals surface area contributed by atoms with Crippen LogP contribution < -0.4 is 5.32 Å². The molecule has 30 heavy (non-hydrogen) atoms. The number of hydrogen-bond donors (Lipinski definition) is 1. The van der Waals surface area contributed by atoms with Gasteiger partial charge in [-0.25, -0.2) is 9.78 Å². The molecule has 0 aliphatic rings. The molecular weight excluding hydrogens is 444 g/mol. The number of nitrogens with one attached hydrogen (secondary N) is 1. The van der Waals surface area contributed by atoms with E-state index in [4.69, 9.17) is 27.9 Å². The molecule has 2 rings (SSSR count). The topological polar surface area (TPSA) is 87.9 Å². The Kier molecular flexibility index (Phi) is 8.03. The number of halogens is 5. The molecule has 158 valence electrons. The van der Waals surface area contributed by atoms with Crippen LogP contribution >= 0.6 is 23.2 Å². The molecule has 0 radical (unpaired) electrons. The molecule has 0 unspecified atom stereocenters. The van der Waals surface area contributed by atoms with Gasteiger partial charge in [-0.15, -0.1) is 0 Å². The summed E-state index contributed by atoms with van der Waals surface area (Å²) in [6, 6.07) is 5.70. The van der Waals surface area contributed by atoms with E-state index in [1.54, 1.807) is 25.1 Å². The third-order valence-corrected chi connectivity index (χ3v) is 4.41. The van der Waals surface area contributed by atoms with Crippen molar-refractivity contribution in [1.82, 2.24) is 15.3 Å². The number of pyridine rings is 2. The maximum Gasteiger partial charge on any atom is 0.417 e. The second kappa shape index (κ2) is 10.3. The van der Waals surface area contributed by atoms with Crippen LogP contribution in [0.15, 0.2) is 36.2 Å². The number of hydrogen-bond acceptors (Lipinski definition) is 6. The molecule has 2 heterocycles. The van der Waals surface area contributed by atoms with Crippen molar-refractivity contribution in [3.05, 3.63) is 63.2 Å². The van der Waals surface area contributed by atoms with Crippen molar-refractivity contribution in [2.45, 2.75) is 19.5 Å². The summed E-state index contributed by atoms with van der Waals surface area (Å²) in [6.45, 7) is 1.74. The summed E-state index contributed by atoms with van der Waals surface area (Å²) in [5.74, 6) is -0.854. The van der Waals surface area contributed by atoms with Crippen LogP contribution in [0.1, 0.15) is 23.7 Å². The molecule has 1 N–H and O–H groups in total. The molecule has 0 saturated heterocycles. The van der Waals surface area contributed by atoms with Gasteiger partial charge >= 0.3 is 12.1 Å². The van der Waals surface area contributed by atoms with E-state index in [1.807, 2.05) is 0 Å². The third-order valence-electron chi connectivity index (χ3n) is 3.78. The Balaban J connectivity index is 2.29. The molecular formula is C19H15Cl2F3N4O2. The third kappa shape index (κ3) is 5.84. The Bertz CT molecular complexity index is 1000. The summed E-state index contributed by atoms with van der Waals surface area (Å²) in [5, 5.41) is 12.3. The highest BCUT2D eigenvalue weighted by Gasteiger charge is 2.31. The molecule has 2 aromatic rings. The molecule has 0 bridgehead atoms. The first-order valence-corrected chi connectivity index (χ1v) is 9.32. The van der Waals surface area contributed by atoms with Crippen molar-refractivity contribution < 1.29 is 22.7 Å². The van der Waals surface area contributed by atoms with Crippen LogP contribution in [0.3, 0.4) is 0 Å². The van der Waals surface area contributed by atoms with Gasteiger partial charge in [0.25, 0.3) is 0 Å². The molecule has 2 aromatic heterocycles. The maximum atomic E-state index is 12.7. The number of nitriles is 1. The molecule has 11 heteroatoms. The zero-order valence-corrected chi connectivity index (χ0v) is 17.1. The lowest BCUT2D eigenvalue weighted by molar-refractivity contribution is -0.138. The number of alkyl halides is 3. The standard InChI is InChI=1S/C19H15Cl2F3N4O2/c1-2-30-18(29)13(9-25)16(12-4-3-6-27-17(12)21)26-7-5-15-14(20)8-11(10-28-15)19(22,23)24/h3-4,6,8,10,26H,2,5,7H2,1H3. The Morgan fingerprint density at radius 2 is 2.07 bits per heavy atom. The highest BCUT2D eigenvalue weighted by atomic mass is 35.5. The summed E-state index contributed by atoms with van der Waals surface area (Å²) in [4.78, 5) is 19.9. The molecule has 0 spiro atoms. The maximum absolute atomic E-state index is 12.7. The first-order chi connectivity index (χ1) is 14.2. The molecule has 0 aromatic carbocycles. The van der Waals surface area contributed by atoms with Crippen LogP contribution in [0.5, 0.6) is 0 Å².